The van der Waals surface area contributed by atoms with E-state index in [9.17, 15) is 13.2 Å². The van der Waals surface area contributed by atoms with Gasteiger partial charge in [-0.3, -0.25) is 0 Å². The van der Waals surface area contributed by atoms with E-state index in [1.807, 2.05) is 30.3 Å². The van der Waals surface area contributed by atoms with Gasteiger partial charge in [-0.2, -0.15) is 0 Å². The van der Waals surface area contributed by atoms with Gasteiger partial charge in [0.05, 0.1) is 12.7 Å². The van der Waals surface area contributed by atoms with Crippen molar-refractivity contribution in [2.45, 2.75) is 38.7 Å². The summed E-state index contributed by atoms with van der Waals surface area (Å²) in [6.45, 7) is 6.17. The second-order valence-corrected chi connectivity index (χ2v) is 8.59. The van der Waals surface area contributed by atoms with Crippen LogP contribution in [0, 0.1) is 30.3 Å². The molecular weight excluding hydrogens is 409 g/mol. The molecule has 0 aliphatic carbocycles. The van der Waals surface area contributed by atoms with Crippen LogP contribution in [0.3, 0.4) is 0 Å². The van der Waals surface area contributed by atoms with Crippen molar-refractivity contribution >= 4 is 0 Å². The van der Waals surface area contributed by atoms with Gasteiger partial charge in [0.1, 0.15) is 17.5 Å². The number of aryl methyl sites for hydroxylation is 1. The number of hydrogen-bond acceptors (Lipinski definition) is 1. The van der Waals surface area contributed by atoms with Crippen molar-refractivity contribution in [1.82, 2.24) is 0 Å². The zero-order valence-corrected chi connectivity index (χ0v) is 18.2. The van der Waals surface area contributed by atoms with Gasteiger partial charge >= 0.3 is 0 Å². The molecule has 1 heterocycles. The second kappa shape index (κ2) is 9.74. The maximum Gasteiger partial charge on any atom is 0.130 e. The smallest absolute Gasteiger partial charge is 0.130 e. The Labute approximate surface area is 187 Å². The van der Waals surface area contributed by atoms with E-state index in [2.05, 4.69) is 6.58 Å². The first kappa shape index (κ1) is 22.3. The summed E-state index contributed by atoms with van der Waals surface area (Å²) >= 11 is 0. The van der Waals surface area contributed by atoms with Gasteiger partial charge in [0.2, 0.25) is 0 Å². The average molecular weight is 437 g/mol. The summed E-state index contributed by atoms with van der Waals surface area (Å²) in [5.74, 6) is -1.11. The van der Waals surface area contributed by atoms with Crippen LogP contribution in [0.1, 0.15) is 47.6 Å². The lowest BCUT2D eigenvalue weighted by Crippen LogP contribution is -2.20. The Morgan fingerprint density at radius 3 is 2.22 bits per heavy atom. The summed E-state index contributed by atoms with van der Waals surface area (Å²) in [7, 11) is 0. The highest BCUT2D eigenvalue weighted by Crippen LogP contribution is 2.33. The van der Waals surface area contributed by atoms with E-state index in [1.54, 1.807) is 19.1 Å². The minimum absolute atomic E-state index is 0.0000484. The van der Waals surface area contributed by atoms with Crippen molar-refractivity contribution in [3.05, 3.63) is 107 Å². The highest BCUT2D eigenvalue weighted by molar-refractivity contribution is 5.64. The highest BCUT2D eigenvalue weighted by atomic mass is 19.1. The maximum absolute atomic E-state index is 14.8. The molecule has 2 unspecified atom stereocenters. The van der Waals surface area contributed by atoms with Gasteiger partial charge in [-0.15, -0.1) is 6.58 Å². The van der Waals surface area contributed by atoms with Crippen molar-refractivity contribution in [1.29, 1.82) is 0 Å². The lowest BCUT2D eigenvalue weighted by Gasteiger charge is -2.28. The number of rotatable bonds is 6. The fourth-order valence-electron chi connectivity index (χ4n) is 4.27. The van der Waals surface area contributed by atoms with E-state index in [4.69, 9.17) is 4.74 Å². The van der Waals surface area contributed by atoms with Gasteiger partial charge in [0.15, 0.2) is 0 Å². The minimum atomic E-state index is -0.631. The molecule has 0 saturated carbocycles. The molecule has 1 aliphatic heterocycles. The molecular formula is C28H27F3O. The third kappa shape index (κ3) is 4.97. The van der Waals surface area contributed by atoms with E-state index in [-0.39, 0.29) is 23.9 Å². The zero-order chi connectivity index (χ0) is 22.7. The fourth-order valence-corrected chi connectivity index (χ4v) is 4.27. The Bertz CT molecular complexity index is 1070. The van der Waals surface area contributed by atoms with Crippen molar-refractivity contribution in [2.75, 3.05) is 6.61 Å². The molecule has 2 atom stereocenters. The Hall–Kier alpha value is -2.85. The summed E-state index contributed by atoms with van der Waals surface area (Å²) in [5, 5.41) is 0. The molecule has 4 rings (SSSR count). The predicted octanol–water partition coefficient (Wildman–Crippen LogP) is 7.71. The molecule has 1 saturated heterocycles. The van der Waals surface area contributed by atoms with Crippen LogP contribution >= 0.6 is 0 Å². The van der Waals surface area contributed by atoms with Crippen molar-refractivity contribution in [2.24, 2.45) is 5.92 Å². The quantitative estimate of drug-likeness (QED) is 0.360. The number of halogens is 3. The van der Waals surface area contributed by atoms with Gasteiger partial charge in [-0.1, -0.05) is 42.5 Å². The first-order valence-corrected chi connectivity index (χ1v) is 11.0. The van der Waals surface area contributed by atoms with Crippen molar-refractivity contribution in [3.63, 3.8) is 0 Å². The molecule has 0 aromatic heterocycles. The van der Waals surface area contributed by atoms with Gasteiger partial charge in [0.25, 0.3) is 0 Å². The molecule has 0 radical (unpaired) electrons. The molecule has 1 nitrogen and oxygen atoms in total. The molecule has 0 N–H and O–H groups in total. The summed E-state index contributed by atoms with van der Waals surface area (Å²) in [6.07, 6.45) is 5.01. The highest BCUT2D eigenvalue weighted by Gasteiger charge is 2.22. The first-order chi connectivity index (χ1) is 15.4. The Kier molecular flexibility index (Phi) is 6.80. The lowest BCUT2D eigenvalue weighted by atomic mass is 9.92. The average Bonchev–Trinajstić information content (AvgIpc) is 2.79. The van der Waals surface area contributed by atoms with E-state index >= 15 is 0 Å². The molecule has 0 bridgehead atoms. The molecule has 32 heavy (non-hydrogen) atoms. The van der Waals surface area contributed by atoms with E-state index in [0.29, 0.717) is 22.6 Å². The van der Waals surface area contributed by atoms with Gasteiger partial charge < -0.3 is 4.74 Å². The van der Waals surface area contributed by atoms with Gasteiger partial charge in [0, 0.05) is 12.0 Å². The molecule has 4 heteroatoms. The maximum atomic E-state index is 14.8. The molecule has 1 aliphatic rings. The molecule has 0 amide bonds. The molecule has 1 fully saturated rings. The topological polar surface area (TPSA) is 9.23 Å². The predicted molar refractivity (Wildman–Crippen MR) is 122 cm³/mol. The van der Waals surface area contributed by atoms with Crippen LogP contribution < -0.4 is 0 Å². The number of ether oxygens (including phenoxy) is 1. The molecule has 0 spiro atoms. The van der Waals surface area contributed by atoms with Crippen LogP contribution in [-0.4, -0.2) is 6.61 Å². The van der Waals surface area contributed by atoms with Crippen LogP contribution in [-0.2, 0) is 11.2 Å². The second-order valence-electron chi connectivity index (χ2n) is 8.59. The van der Waals surface area contributed by atoms with Crippen molar-refractivity contribution in [3.8, 4) is 11.1 Å². The van der Waals surface area contributed by atoms with Crippen LogP contribution in [0.4, 0.5) is 13.2 Å². The lowest BCUT2D eigenvalue weighted by molar-refractivity contribution is -0.0163. The van der Waals surface area contributed by atoms with Crippen LogP contribution in [0.15, 0.2) is 67.3 Å². The number of allylic oxidation sites excluding steroid dienone is 1. The van der Waals surface area contributed by atoms with Gasteiger partial charge in [-0.25, -0.2) is 13.2 Å². The van der Waals surface area contributed by atoms with E-state index in [0.717, 1.165) is 37.0 Å². The SMILES string of the molecule is C=CCC1CCC(c2ccc(-c3cc(F)c(Cc4ccc(C)c(F)c4)c(F)c3)cc2)OC1. The zero-order valence-electron chi connectivity index (χ0n) is 18.2. The standard InChI is InChI=1S/C28H27F3O/c1-3-4-19-7-12-28(32-17-19)22-10-8-21(9-11-22)23-15-26(30)24(27(31)16-23)13-20-6-5-18(2)25(29)14-20/h3,5-6,8-11,14-16,19,28H,1,4,7,12-13,17H2,2H3. The largest absolute Gasteiger partial charge is 0.373 e. The Balaban J connectivity index is 1.49. The minimum Gasteiger partial charge on any atom is -0.373 e. The first-order valence-electron chi connectivity index (χ1n) is 11.0. The third-order valence-corrected chi connectivity index (χ3v) is 6.24. The molecule has 3 aromatic carbocycles. The summed E-state index contributed by atoms with van der Waals surface area (Å²) in [5.41, 5.74) is 3.26. The van der Waals surface area contributed by atoms with Crippen LogP contribution in [0.25, 0.3) is 11.1 Å². The Morgan fingerprint density at radius 2 is 1.62 bits per heavy atom. The van der Waals surface area contributed by atoms with Crippen molar-refractivity contribution < 1.29 is 17.9 Å². The molecule has 166 valence electrons. The normalized spacial score (nSPS) is 18.5. The fraction of sp³-hybridized carbons (Fsp3) is 0.286. The Morgan fingerprint density at radius 1 is 0.906 bits per heavy atom. The summed E-state index contributed by atoms with van der Waals surface area (Å²) in [6, 6.07) is 15.0. The van der Waals surface area contributed by atoms with Crippen LogP contribution in [0.2, 0.25) is 0 Å². The number of benzene rings is 3. The number of hydrogen-bond donors (Lipinski definition) is 0. The molecule has 3 aromatic rings. The monoisotopic (exact) mass is 436 g/mol. The third-order valence-electron chi connectivity index (χ3n) is 6.24. The summed E-state index contributed by atoms with van der Waals surface area (Å²) < 4.78 is 49.3. The van der Waals surface area contributed by atoms with Crippen LogP contribution in [0.5, 0.6) is 0 Å². The van der Waals surface area contributed by atoms with Gasteiger partial charge in [-0.05, 0) is 78.1 Å². The van der Waals surface area contributed by atoms with E-state index < -0.39 is 11.6 Å². The summed E-state index contributed by atoms with van der Waals surface area (Å²) in [4.78, 5) is 0. The van der Waals surface area contributed by atoms with E-state index in [1.165, 1.54) is 18.2 Å².